The fraction of sp³-hybridized carbons (Fsp3) is 0.273. The molecule has 0 N–H and O–H groups in total. The lowest BCUT2D eigenvalue weighted by molar-refractivity contribution is 1.14. The van der Waals surface area contributed by atoms with Crippen LogP contribution in [-0.4, -0.2) is 5.75 Å². The van der Waals surface area contributed by atoms with Crippen molar-refractivity contribution < 1.29 is 0 Å². The molecule has 64 valence electrons. The molecule has 1 heterocycles. The molecule has 0 nitrogen and oxygen atoms in total. The summed E-state index contributed by atoms with van der Waals surface area (Å²) in [6.45, 7) is 9.63. The molecule has 0 aromatic rings. The van der Waals surface area contributed by atoms with E-state index >= 15 is 0 Å². The van der Waals surface area contributed by atoms with Crippen LogP contribution in [0.5, 0.6) is 0 Å². The average molecular weight is 178 g/mol. The molecule has 0 amide bonds. The number of rotatable bonds is 3. The van der Waals surface area contributed by atoms with Gasteiger partial charge < -0.3 is 0 Å². The second kappa shape index (κ2) is 4.36. The Morgan fingerprint density at radius 3 is 2.83 bits per heavy atom. The normalized spacial score (nSPS) is 18.2. The fourth-order valence-electron chi connectivity index (χ4n) is 1.32. The zero-order valence-corrected chi connectivity index (χ0v) is 8.29. The predicted octanol–water partition coefficient (Wildman–Crippen LogP) is 3.70. The summed E-state index contributed by atoms with van der Waals surface area (Å²) in [5, 5.41) is 0. The van der Waals surface area contributed by atoms with Crippen molar-refractivity contribution in [2.24, 2.45) is 0 Å². The van der Waals surface area contributed by atoms with Gasteiger partial charge in [0.25, 0.3) is 0 Å². The Kier molecular flexibility index (Phi) is 3.42. The predicted molar refractivity (Wildman–Crippen MR) is 58.3 cm³/mol. The third-order valence-electron chi connectivity index (χ3n) is 1.94. The van der Waals surface area contributed by atoms with Crippen molar-refractivity contribution in [3.05, 3.63) is 47.4 Å². The first kappa shape index (κ1) is 9.40. The van der Waals surface area contributed by atoms with Crippen LogP contribution in [0.15, 0.2) is 47.4 Å². The monoisotopic (exact) mass is 178 g/mol. The van der Waals surface area contributed by atoms with E-state index in [4.69, 9.17) is 0 Å². The molecule has 0 aromatic carbocycles. The Bertz CT molecular complexity index is 256. The van der Waals surface area contributed by atoms with Crippen LogP contribution in [0, 0.1) is 0 Å². The van der Waals surface area contributed by atoms with Gasteiger partial charge in [-0.25, -0.2) is 0 Å². The number of hydrogen-bond donors (Lipinski definition) is 0. The number of allylic oxidation sites excluding steroid dienone is 5. The fourth-order valence-corrected chi connectivity index (χ4v) is 2.41. The molecule has 1 aliphatic rings. The van der Waals surface area contributed by atoms with Crippen molar-refractivity contribution in [2.45, 2.75) is 13.3 Å². The maximum atomic E-state index is 3.80. The molecule has 1 heteroatoms. The van der Waals surface area contributed by atoms with Crippen LogP contribution in [0.1, 0.15) is 13.3 Å². The summed E-state index contributed by atoms with van der Waals surface area (Å²) >= 11 is 1.89. The minimum Gasteiger partial charge on any atom is -0.126 e. The highest BCUT2D eigenvalue weighted by molar-refractivity contribution is 8.03. The van der Waals surface area contributed by atoms with E-state index in [2.05, 4.69) is 26.2 Å². The highest BCUT2D eigenvalue weighted by atomic mass is 32.2. The highest BCUT2D eigenvalue weighted by Gasteiger charge is 2.12. The Morgan fingerprint density at radius 1 is 1.50 bits per heavy atom. The van der Waals surface area contributed by atoms with E-state index < -0.39 is 0 Å². The maximum Gasteiger partial charge on any atom is 0.0101 e. The van der Waals surface area contributed by atoms with Gasteiger partial charge in [-0.05, 0) is 24.5 Å². The van der Waals surface area contributed by atoms with E-state index in [1.165, 1.54) is 28.2 Å². The van der Waals surface area contributed by atoms with Gasteiger partial charge in [0.1, 0.15) is 0 Å². The van der Waals surface area contributed by atoms with Crippen LogP contribution in [0.2, 0.25) is 0 Å². The van der Waals surface area contributed by atoms with Crippen LogP contribution in [-0.2, 0) is 0 Å². The van der Waals surface area contributed by atoms with E-state index in [0.29, 0.717) is 0 Å². The van der Waals surface area contributed by atoms with E-state index in [1.54, 1.807) is 0 Å². The largest absolute Gasteiger partial charge is 0.126 e. The molecular weight excluding hydrogens is 164 g/mol. The summed E-state index contributed by atoms with van der Waals surface area (Å²) in [6, 6.07) is 0. The second-order valence-electron chi connectivity index (χ2n) is 2.73. The summed E-state index contributed by atoms with van der Waals surface area (Å²) in [4.78, 5) is 1.34. The molecule has 12 heavy (non-hydrogen) atoms. The summed E-state index contributed by atoms with van der Waals surface area (Å²) in [5.41, 5.74) is 2.76. The van der Waals surface area contributed by atoms with Crippen molar-refractivity contribution in [2.75, 3.05) is 5.75 Å². The lowest BCUT2D eigenvalue weighted by atomic mass is 10.0. The summed E-state index contributed by atoms with van der Waals surface area (Å²) < 4.78 is 0. The van der Waals surface area contributed by atoms with Gasteiger partial charge in [-0.3, -0.25) is 0 Å². The van der Waals surface area contributed by atoms with Gasteiger partial charge in [0.2, 0.25) is 0 Å². The summed E-state index contributed by atoms with van der Waals surface area (Å²) in [7, 11) is 0. The van der Waals surface area contributed by atoms with Gasteiger partial charge in [-0.1, -0.05) is 31.4 Å². The highest BCUT2D eigenvalue weighted by Crippen LogP contribution is 2.35. The van der Waals surface area contributed by atoms with Crippen molar-refractivity contribution in [1.29, 1.82) is 0 Å². The molecule has 0 radical (unpaired) electrons. The minimum atomic E-state index is 1.17. The average Bonchev–Trinajstić information content (AvgIpc) is 2.51. The first-order valence-electron chi connectivity index (χ1n) is 4.07. The summed E-state index contributed by atoms with van der Waals surface area (Å²) in [5.74, 6) is 1.19. The van der Waals surface area contributed by atoms with E-state index in [1.807, 2.05) is 23.9 Å². The Labute approximate surface area is 78.7 Å². The van der Waals surface area contributed by atoms with Crippen LogP contribution in [0.25, 0.3) is 0 Å². The van der Waals surface area contributed by atoms with E-state index in [0.717, 1.165) is 0 Å². The first-order chi connectivity index (χ1) is 5.79. The molecule has 0 atom stereocenters. The molecular formula is C11H14S. The summed E-state index contributed by atoms with van der Waals surface area (Å²) in [6.07, 6.45) is 7.02. The molecule has 0 saturated heterocycles. The third-order valence-corrected chi connectivity index (χ3v) is 3.07. The van der Waals surface area contributed by atoms with Crippen molar-refractivity contribution in [3.63, 3.8) is 0 Å². The van der Waals surface area contributed by atoms with Crippen molar-refractivity contribution in [3.8, 4) is 0 Å². The Balaban J connectivity index is 2.92. The SMILES string of the molecule is C=C/C=C(/C)C1=C(C=C)SCC1. The minimum absolute atomic E-state index is 1.17. The molecule has 1 aliphatic heterocycles. The smallest absolute Gasteiger partial charge is 0.0101 e. The molecule has 0 aromatic heterocycles. The zero-order valence-electron chi connectivity index (χ0n) is 7.47. The van der Waals surface area contributed by atoms with Crippen molar-refractivity contribution >= 4 is 11.8 Å². The number of thioether (sulfide) groups is 1. The van der Waals surface area contributed by atoms with Gasteiger partial charge in [0.15, 0.2) is 0 Å². The first-order valence-corrected chi connectivity index (χ1v) is 5.06. The molecule has 0 bridgehead atoms. The molecule has 0 saturated carbocycles. The maximum absolute atomic E-state index is 3.80. The van der Waals surface area contributed by atoms with Crippen LogP contribution in [0.3, 0.4) is 0 Å². The molecule has 1 rings (SSSR count). The van der Waals surface area contributed by atoms with Crippen LogP contribution < -0.4 is 0 Å². The number of hydrogen-bond acceptors (Lipinski definition) is 1. The lowest BCUT2D eigenvalue weighted by Crippen LogP contribution is -1.83. The quantitative estimate of drug-likeness (QED) is 0.594. The lowest BCUT2D eigenvalue weighted by Gasteiger charge is -2.01. The van der Waals surface area contributed by atoms with Gasteiger partial charge in [0.05, 0.1) is 0 Å². The van der Waals surface area contributed by atoms with Gasteiger partial charge in [0, 0.05) is 10.7 Å². The molecule has 0 unspecified atom stereocenters. The van der Waals surface area contributed by atoms with Gasteiger partial charge in [-0.15, -0.1) is 11.8 Å². The Hall–Kier alpha value is -0.690. The molecule has 0 fully saturated rings. The third kappa shape index (κ3) is 1.92. The second-order valence-corrected chi connectivity index (χ2v) is 3.87. The topological polar surface area (TPSA) is 0 Å². The van der Waals surface area contributed by atoms with E-state index in [9.17, 15) is 0 Å². The Morgan fingerprint density at radius 2 is 2.25 bits per heavy atom. The van der Waals surface area contributed by atoms with Gasteiger partial charge >= 0.3 is 0 Å². The van der Waals surface area contributed by atoms with Crippen LogP contribution >= 0.6 is 11.8 Å². The van der Waals surface area contributed by atoms with E-state index in [-0.39, 0.29) is 0 Å². The van der Waals surface area contributed by atoms with Gasteiger partial charge in [-0.2, -0.15) is 0 Å². The van der Waals surface area contributed by atoms with Crippen molar-refractivity contribution in [1.82, 2.24) is 0 Å². The zero-order chi connectivity index (χ0) is 8.97. The molecule has 0 aliphatic carbocycles. The standard InChI is InChI=1S/C11H14S/c1-4-6-9(3)10-7-8-12-11(10)5-2/h4-6H,1-2,7-8H2,3H3/b9-6-. The molecule has 0 spiro atoms. The van der Waals surface area contributed by atoms with Crippen LogP contribution in [0.4, 0.5) is 0 Å².